The van der Waals surface area contributed by atoms with Crippen molar-refractivity contribution < 1.29 is 5.11 Å². The van der Waals surface area contributed by atoms with Crippen LogP contribution < -0.4 is 5.32 Å². The lowest BCUT2D eigenvalue weighted by Crippen LogP contribution is -2.21. The maximum atomic E-state index is 10.1. The molecule has 0 spiro atoms. The second-order valence-corrected chi connectivity index (χ2v) is 5.85. The molecule has 2 rings (SSSR count). The number of hydrogen-bond donors (Lipinski definition) is 2. The third kappa shape index (κ3) is 3.84. The molecule has 2 N–H and O–H groups in total. The summed E-state index contributed by atoms with van der Waals surface area (Å²) in [6.45, 7) is 5.28. The molecule has 2 aromatic rings. The summed E-state index contributed by atoms with van der Waals surface area (Å²) in [5, 5.41) is 18.5. The van der Waals surface area contributed by atoms with Crippen molar-refractivity contribution in [2.45, 2.75) is 32.4 Å². The molecule has 0 amide bonds. The predicted octanol–water partition coefficient (Wildman–Crippen LogP) is 3.02. The van der Waals surface area contributed by atoms with Gasteiger partial charge in [0.05, 0.1) is 11.8 Å². The molecule has 0 saturated carbocycles. The zero-order chi connectivity index (χ0) is 15.4. The summed E-state index contributed by atoms with van der Waals surface area (Å²) in [5.74, 6) is 0.319. The number of aliphatic hydroxyl groups excluding tert-OH is 1. The number of aromatic nitrogens is 2. The van der Waals surface area contributed by atoms with Crippen molar-refractivity contribution >= 4 is 11.6 Å². The van der Waals surface area contributed by atoms with E-state index in [-0.39, 0.29) is 0 Å². The van der Waals surface area contributed by atoms with E-state index >= 15 is 0 Å². The molecule has 5 heteroatoms. The average molecular weight is 308 g/mol. The lowest BCUT2D eigenvalue weighted by atomic mass is 10.1. The molecule has 0 fully saturated rings. The SMILES string of the molecule is CC(C)c1nn(C)c(Cl)c1CNC[C@H](O)c1ccccc1. The van der Waals surface area contributed by atoms with Crippen molar-refractivity contribution in [3.63, 3.8) is 0 Å². The Morgan fingerprint density at radius 3 is 2.57 bits per heavy atom. The highest BCUT2D eigenvalue weighted by molar-refractivity contribution is 6.30. The van der Waals surface area contributed by atoms with Crippen molar-refractivity contribution in [1.29, 1.82) is 0 Å². The zero-order valence-electron chi connectivity index (χ0n) is 12.7. The zero-order valence-corrected chi connectivity index (χ0v) is 13.4. The number of aliphatic hydroxyl groups is 1. The summed E-state index contributed by atoms with van der Waals surface area (Å²) in [4.78, 5) is 0. The van der Waals surface area contributed by atoms with Crippen LogP contribution in [-0.2, 0) is 13.6 Å². The van der Waals surface area contributed by atoms with Gasteiger partial charge in [-0.2, -0.15) is 5.10 Å². The molecule has 0 saturated heterocycles. The Labute approximate surface area is 130 Å². The van der Waals surface area contributed by atoms with E-state index in [0.29, 0.717) is 24.2 Å². The molecule has 0 aliphatic carbocycles. The third-order valence-electron chi connectivity index (χ3n) is 3.47. The van der Waals surface area contributed by atoms with Gasteiger partial charge in [0.2, 0.25) is 0 Å². The highest BCUT2D eigenvalue weighted by Crippen LogP contribution is 2.25. The molecule has 0 aliphatic rings. The summed E-state index contributed by atoms with van der Waals surface area (Å²) in [7, 11) is 1.84. The Morgan fingerprint density at radius 1 is 1.29 bits per heavy atom. The Bertz CT molecular complexity index is 581. The van der Waals surface area contributed by atoms with Gasteiger partial charge in [-0.15, -0.1) is 0 Å². The molecule has 114 valence electrons. The van der Waals surface area contributed by atoms with E-state index in [1.54, 1.807) is 4.68 Å². The van der Waals surface area contributed by atoms with Crippen molar-refractivity contribution in [3.8, 4) is 0 Å². The predicted molar refractivity (Wildman–Crippen MR) is 85.4 cm³/mol. The van der Waals surface area contributed by atoms with Gasteiger partial charge in [-0.05, 0) is 11.5 Å². The van der Waals surface area contributed by atoms with Gasteiger partial charge in [-0.3, -0.25) is 4.68 Å². The van der Waals surface area contributed by atoms with Gasteiger partial charge in [0.15, 0.2) is 0 Å². The molecule has 0 bridgehead atoms. The van der Waals surface area contributed by atoms with E-state index in [9.17, 15) is 5.11 Å². The standard InChI is InChI=1S/C16H22ClN3O/c1-11(2)15-13(16(17)20(3)19-15)9-18-10-14(21)12-7-5-4-6-8-12/h4-8,11,14,18,21H,9-10H2,1-3H3/t14-/m0/s1. The molecule has 4 nitrogen and oxygen atoms in total. The highest BCUT2D eigenvalue weighted by atomic mass is 35.5. The normalized spacial score (nSPS) is 12.9. The molecule has 1 heterocycles. The van der Waals surface area contributed by atoms with Crippen LogP contribution in [0, 0.1) is 0 Å². The second-order valence-electron chi connectivity index (χ2n) is 5.49. The van der Waals surface area contributed by atoms with Crippen LogP contribution in [0.1, 0.15) is 42.7 Å². The highest BCUT2D eigenvalue weighted by Gasteiger charge is 2.17. The van der Waals surface area contributed by atoms with Gasteiger partial charge in [0, 0.05) is 25.7 Å². The van der Waals surface area contributed by atoms with Crippen LogP contribution >= 0.6 is 11.6 Å². The Balaban J connectivity index is 1.98. The van der Waals surface area contributed by atoms with Gasteiger partial charge < -0.3 is 10.4 Å². The van der Waals surface area contributed by atoms with Crippen molar-refractivity contribution in [2.24, 2.45) is 7.05 Å². The maximum absolute atomic E-state index is 10.1. The van der Waals surface area contributed by atoms with Gasteiger partial charge in [-0.25, -0.2) is 0 Å². The lowest BCUT2D eigenvalue weighted by molar-refractivity contribution is 0.174. The minimum Gasteiger partial charge on any atom is -0.387 e. The fraction of sp³-hybridized carbons (Fsp3) is 0.438. The van der Waals surface area contributed by atoms with Gasteiger partial charge >= 0.3 is 0 Å². The van der Waals surface area contributed by atoms with Crippen LogP contribution in [-0.4, -0.2) is 21.4 Å². The minimum absolute atomic E-state index is 0.319. The van der Waals surface area contributed by atoms with Crippen molar-refractivity contribution in [1.82, 2.24) is 15.1 Å². The van der Waals surface area contributed by atoms with E-state index in [1.807, 2.05) is 37.4 Å². The second kappa shape index (κ2) is 7.07. The fourth-order valence-electron chi connectivity index (χ4n) is 2.32. The Kier molecular flexibility index (Phi) is 5.39. The quantitative estimate of drug-likeness (QED) is 0.862. The summed E-state index contributed by atoms with van der Waals surface area (Å²) < 4.78 is 1.70. The van der Waals surface area contributed by atoms with E-state index in [1.165, 1.54) is 0 Å². The van der Waals surface area contributed by atoms with Gasteiger partial charge in [0.25, 0.3) is 0 Å². The topological polar surface area (TPSA) is 50.1 Å². The van der Waals surface area contributed by atoms with Crippen LogP contribution in [0.2, 0.25) is 5.15 Å². The van der Waals surface area contributed by atoms with Crippen LogP contribution in [0.5, 0.6) is 0 Å². The van der Waals surface area contributed by atoms with E-state index in [4.69, 9.17) is 11.6 Å². The first-order valence-electron chi connectivity index (χ1n) is 7.15. The molecular weight excluding hydrogens is 286 g/mol. The molecular formula is C16H22ClN3O. The first-order chi connectivity index (χ1) is 10.0. The van der Waals surface area contributed by atoms with E-state index < -0.39 is 6.10 Å². The number of halogens is 1. The smallest absolute Gasteiger partial charge is 0.131 e. The maximum Gasteiger partial charge on any atom is 0.131 e. The Hall–Kier alpha value is -1.36. The number of nitrogens with zero attached hydrogens (tertiary/aromatic N) is 2. The first kappa shape index (κ1) is 16.0. The van der Waals surface area contributed by atoms with E-state index in [0.717, 1.165) is 16.8 Å². The number of hydrogen-bond acceptors (Lipinski definition) is 3. The Morgan fingerprint density at radius 2 is 1.95 bits per heavy atom. The summed E-state index contributed by atoms with van der Waals surface area (Å²) in [6, 6.07) is 9.63. The number of aryl methyl sites for hydroxylation is 1. The van der Waals surface area contributed by atoms with Crippen LogP contribution in [0.15, 0.2) is 30.3 Å². The van der Waals surface area contributed by atoms with Gasteiger partial charge in [0.1, 0.15) is 5.15 Å². The monoisotopic (exact) mass is 307 g/mol. The number of benzene rings is 1. The van der Waals surface area contributed by atoms with Crippen LogP contribution in [0.4, 0.5) is 0 Å². The molecule has 0 radical (unpaired) electrons. The number of rotatable bonds is 6. The minimum atomic E-state index is -0.524. The summed E-state index contributed by atoms with van der Waals surface area (Å²) >= 11 is 6.29. The largest absolute Gasteiger partial charge is 0.387 e. The molecule has 0 aliphatic heterocycles. The molecule has 1 aromatic carbocycles. The third-order valence-corrected chi connectivity index (χ3v) is 3.94. The summed E-state index contributed by atoms with van der Waals surface area (Å²) in [5.41, 5.74) is 2.92. The van der Waals surface area contributed by atoms with Gasteiger partial charge in [-0.1, -0.05) is 55.8 Å². The van der Waals surface area contributed by atoms with Crippen LogP contribution in [0.25, 0.3) is 0 Å². The van der Waals surface area contributed by atoms with Crippen molar-refractivity contribution in [3.05, 3.63) is 52.3 Å². The average Bonchev–Trinajstić information content (AvgIpc) is 2.76. The number of nitrogens with one attached hydrogen (secondary N) is 1. The lowest BCUT2D eigenvalue weighted by Gasteiger charge is -2.13. The van der Waals surface area contributed by atoms with E-state index in [2.05, 4.69) is 24.3 Å². The van der Waals surface area contributed by atoms with Crippen molar-refractivity contribution in [2.75, 3.05) is 6.54 Å². The molecule has 1 atom stereocenters. The molecule has 1 aromatic heterocycles. The summed E-state index contributed by atoms with van der Waals surface area (Å²) in [6.07, 6.45) is -0.524. The first-order valence-corrected chi connectivity index (χ1v) is 7.53. The molecule has 0 unspecified atom stereocenters. The molecule has 21 heavy (non-hydrogen) atoms. The fourth-order valence-corrected chi connectivity index (χ4v) is 2.52. The van der Waals surface area contributed by atoms with Crippen LogP contribution in [0.3, 0.4) is 0 Å².